The van der Waals surface area contributed by atoms with Crippen LogP contribution in [0, 0.1) is 0 Å². The Labute approximate surface area is 93.0 Å². The molecule has 0 bridgehead atoms. The van der Waals surface area contributed by atoms with Gasteiger partial charge < -0.3 is 5.11 Å². The van der Waals surface area contributed by atoms with Gasteiger partial charge in [-0.15, -0.1) is 0 Å². The van der Waals surface area contributed by atoms with Crippen molar-refractivity contribution in [3.63, 3.8) is 0 Å². The molecular formula is C9H7BrFN3O. The lowest BCUT2D eigenvalue weighted by atomic mass is 10.2. The smallest absolute Gasteiger partial charge is 0.155 e. The minimum atomic E-state index is -1.07. The van der Waals surface area contributed by atoms with Gasteiger partial charge in [0.25, 0.3) is 0 Å². The highest BCUT2D eigenvalue weighted by atomic mass is 79.9. The van der Waals surface area contributed by atoms with Crippen molar-refractivity contribution in [3.8, 4) is 0 Å². The van der Waals surface area contributed by atoms with E-state index in [-0.39, 0.29) is 6.33 Å². The molecule has 4 nitrogen and oxygen atoms in total. The van der Waals surface area contributed by atoms with Crippen LogP contribution in [0.4, 0.5) is 4.39 Å². The average Bonchev–Trinajstić information content (AvgIpc) is 2.60. The van der Waals surface area contributed by atoms with Gasteiger partial charge in [-0.25, -0.2) is 9.37 Å². The number of fused-ring (bicyclic) bond motifs is 1. The molecule has 0 aromatic carbocycles. The SMILES string of the molecule is OC(/C=C\F)c1n[nH]c2ncc(Br)cc12. The Morgan fingerprint density at radius 3 is 3.13 bits per heavy atom. The zero-order chi connectivity index (χ0) is 10.8. The summed E-state index contributed by atoms with van der Waals surface area (Å²) in [7, 11) is 0. The van der Waals surface area contributed by atoms with Gasteiger partial charge in [0, 0.05) is 16.1 Å². The first-order valence-electron chi connectivity index (χ1n) is 4.17. The number of aliphatic hydroxyl groups excluding tert-OH is 1. The molecule has 0 saturated heterocycles. The number of aromatic amines is 1. The molecule has 0 aliphatic heterocycles. The summed E-state index contributed by atoms with van der Waals surface area (Å²) < 4.78 is 12.7. The number of aliphatic hydroxyl groups is 1. The zero-order valence-corrected chi connectivity index (χ0v) is 9.07. The first kappa shape index (κ1) is 10.3. The van der Waals surface area contributed by atoms with Gasteiger partial charge in [0.1, 0.15) is 11.8 Å². The van der Waals surface area contributed by atoms with Gasteiger partial charge >= 0.3 is 0 Å². The Hall–Kier alpha value is -1.27. The number of pyridine rings is 1. The normalized spacial score (nSPS) is 13.8. The van der Waals surface area contributed by atoms with E-state index in [1.165, 1.54) is 0 Å². The Kier molecular flexibility index (Phi) is 2.79. The Bertz CT molecular complexity index is 511. The van der Waals surface area contributed by atoms with E-state index in [2.05, 4.69) is 31.1 Å². The van der Waals surface area contributed by atoms with Crippen LogP contribution in [0.1, 0.15) is 11.8 Å². The van der Waals surface area contributed by atoms with Gasteiger partial charge in [-0.1, -0.05) is 0 Å². The quantitative estimate of drug-likeness (QED) is 0.881. The highest BCUT2D eigenvalue weighted by molar-refractivity contribution is 9.10. The van der Waals surface area contributed by atoms with Gasteiger partial charge in [0.2, 0.25) is 0 Å². The van der Waals surface area contributed by atoms with Crippen molar-refractivity contribution in [1.29, 1.82) is 0 Å². The highest BCUT2D eigenvalue weighted by Crippen LogP contribution is 2.23. The zero-order valence-electron chi connectivity index (χ0n) is 7.48. The second-order valence-corrected chi connectivity index (χ2v) is 3.84. The molecule has 15 heavy (non-hydrogen) atoms. The summed E-state index contributed by atoms with van der Waals surface area (Å²) in [5.74, 6) is 0. The molecule has 0 spiro atoms. The second kappa shape index (κ2) is 4.08. The van der Waals surface area contributed by atoms with Crippen molar-refractivity contribution >= 4 is 27.0 Å². The van der Waals surface area contributed by atoms with E-state index in [4.69, 9.17) is 0 Å². The maximum absolute atomic E-state index is 11.9. The van der Waals surface area contributed by atoms with Crippen LogP contribution in [0.15, 0.2) is 29.1 Å². The molecule has 2 heterocycles. The average molecular weight is 272 g/mol. The molecule has 0 radical (unpaired) electrons. The molecule has 0 aliphatic rings. The van der Waals surface area contributed by atoms with E-state index < -0.39 is 6.10 Å². The van der Waals surface area contributed by atoms with E-state index in [0.29, 0.717) is 16.7 Å². The fourth-order valence-electron chi connectivity index (χ4n) is 1.28. The molecule has 0 aliphatic carbocycles. The third-order valence-corrected chi connectivity index (χ3v) is 2.38. The Morgan fingerprint density at radius 1 is 1.60 bits per heavy atom. The maximum atomic E-state index is 11.9. The molecule has 6 heteroatoms. The minimum Gasteiger partial charge on any atom is -0.382 e. The number of hydrogen-bond acceptors (Lipinski definition) is 3. The molecule has 2 aromatic rings. The second-order valence-electron chi connectivity index (χ2n) is 2.92. The van der Waals surface area contributed by atoms with Crippen molar-refractivity contribution in [3.05, 3.63) is 34.8 Å². The Balaban J connectivity index is 2.56. The number of nitrogens with zero attached hydrogens (tertiary/aromatic N) is 2. The summed E-state index contributed by atoms with van der Waals surface area (Å²) in [5.41, 5.74) is 0.909. The standard InChI is InChI=1S/C9H7BrFN3O/c10-5-3-6-8(7(15)1-2-11)13-14-9(6)12-4-5/h1-4,7,15H,(H,12,13,14)/b2-1-. The van der Waals surface area contributed by atoms with Crippen LogP contribution in [0.3, 0.4) is 0 Å². The van der Waals surface area contributed by atoms with Crippen molar-refractivity contribution in [2.75, 3.05) is 0 Å². The lowest BCUT2D eigenvalue weighted by Crippen LogP contribution is -1.93. The van der Waals surface area contributed by atoms with Crippen LogP contribution in [0.5, 0.6) is 0 Å². The summed E-state index contributed by atoms with van der Waals surface area (Å²) in [6.45, 7) is 0. The first-order chi connectivity index (χ1) is 7.22. The van der Waals surface area contributed by atoms with Gasteiger partial charge in [-0.3, -0.25) is 5.10 Å². The number of H-pyrrole nitrogens is 1. The van der Waals surface area contributed by atoms with Crippen molar-refractivity contribution in [2.45, 2.75) is 6.10 Å². The van der Waals surface area contributed by atoms with E-state index >= 15 is 0 Å². The summed E-state index contributed by atoms with van der Waals surface area (Å²) in [4.78, 5) is 4.05. The van der Waals surface area contributed by atoms with E-state index in [0.717, 1.165) is 10.5 Å². The highest BCUT2D eigenvalue weighted by Gasteiger charge is 2.13. The summed E-state index contributed by atoms with van der Waals surface area (Å²) >= 11 is 3.26. The molecule has 1 atom stereocenters. The van der Waals surface area contributed by atoms with Crippen LogP contribution < -0.4 is 0 Å². The van der Waals surface area contributed by atoms with Crippen LogP contribution in [0.2, 0.25) is 0 Å². The molecule has 0 saturated carbocycles. The molecule has 1 unspecified atom stereocenters. The topological polar surface area (TPSA) is 61.8 Å². The van der Waals surface area contributed by atoms with E-state index in [1.54, 1.807) is 12.3 Å². The molecule has 0 amide bonds. The molecule has 2 N–H and O–H groups in total. The van der Waals surface area contributed by atoms with E-state index in [1.807, 2.05) is 0 Å². The van der Waals surface area contributed by atoms with Crippen LogP contribution in [0.25, 0.3) is 11.0 Å². The minimum absolute atomic E-state index is 0.288. The molecule has 2 aromatic heterocycles. The molecular weight excluding hydrogens is 265 g/mol. The van der Waals surface area contributed by atoms with Crippen molar-refractivity contribution in [1.82, 2.24) is 15.2 Å². The largest absolute Gasteiger partial charge is 0.382 e. The summed E-state index contributed by atoms with van der Waals surface area (Å²) in [6, 6.07) is 1.76. The van der Waals surface area contributed by atoms with E-state index in [9.17, 15) is 9.50 Å². The van der Waals surface area contributed by atoms with Crippen LogP contribution in [-0.2, 0) is 0 Å². The monoisotopic (exact) mass is 271 g/mol. The Morgan fingerprint density at radius 2 is 2.40 bits per heavy atom. The van der Waals surface area contributed by atoms with Crippen molar-refractivity contribution in [2.24, 2.45) is 0 Å². The first-order valence-corrected chi connectivity index (χ1v) is 4.96. The third-order valence-electron chi connectivity index (χ3n) is 1.95. The summed E-state index contributed by atoms with van der Waals surface area (Å²) in [5, 5.41) is 16.7. The maximum Gasteiger partial charge on any atom is 0.155 e. The lowest BCUT2D eigenvalue weighted by Gasteiger charge is -2.00. The number of rotatable bonds is 2. The molecule has 2 rings (SSSR count). The fourth-order valence-corrected chi connectivity index (χ4v) is 1.61. The predicted molar refractivity (Wildman–Crippen MR) is 56.8 cm³/mol. The van der Waals surface area contributed by atoms with Gasteiger partial charge in [-0.05, 0) is 28.1 Å². The molecule has 78 valence electrons. The number of halogens is 2. The number of aromatic nitrogens is 3. The van der Waals surface area contributed by atoms with Crippen molar-refractivity contribution < 1.29 is 9.50 Å². The van der Waals surface area contributed by atoms with Crippen LogP contribution in [-0.4, -0.2) is 20.3 Å². The van der Waals surface area contributed by atoms with Gasteiger partial charge in [-0.2, -0.15) is 5.10 Å². The lowest BCUT2D eigenvalue weighted by molar-refractivity contribution is 0.223. The van der Waals surface area contributed by atoms with Gasteiger partial charge in [0.15, 0.2) is 5.65 Å². The third kappa shape index (κ3) is 1.91. The predicted octanol–water partition coefficient (Wildman–Crippen LogP) is 2.24. The van der Waals surface area contributed by atoms with Crippen LogP contribution >= 0.6 is 15.9 Å². The number of nitrogens with one attached hydrogen (secondary N) is 1. The number of hydrogen-bond donors (Lipinski definition) is 2. The van der Waals surface area contributed by atoms with Gasteiger partial charge in [0.05, 0.1) is 6.33 Å². The summed E-state index contributed by atoms with van der Waals surface area (Å²) in [6.07, 6.45) is 1.84. The molecule has 0 fully saturated rings. The fraction of sp³-hybridized carbons (Fsp3) is 0.111.